The van der Waals surface area contributed by atoms with E-state index in [0.717, 1.165) is 0 Å². The summed E-state index contributed by atoms with van der Waals surface area (Å²) in [4.78, 5) is 0. The zero-order valence-electron chi connectivity index (χ0n) is 6.01. The lowest BCUT2D eigenvalue weighted by Gasteiger charge is -2.35. The zero-order chi connectivity index (χ0) is 8.59. The molecule has 0 amide bonds. The molecule has 0 bridgehead atoms. The van der Waals surface area contributed by atoms with Crippen molar-refractivity contribution in [3.63, 3.8) is 0 Å². The van der Waals surface area contributed by atoms with Gasteiger partial charge in [-0.15, -0.1) is 0 Å². The van der Waals surface area contributed by atoms with Crippen LogP contribution in [0.25, 0.3) is 0 Å². The highest BCUT2D eigenvalue weighted by molar-refractivity contribution is 4.94. The van der Waals surface area contributed by atoms with Crippen molar-refractivity contribution in [1.82, 2.24) is 0 Å². The average Bonchev–Trinajstić information content (AvgIpc) is 1.97. The van der Waals surface area contributed by atoms with Crippen LogP contribution in [0.4, 0.5) is 0 Å². The highest BCUT2D eigenvalue weighted by atomic mass is 16.6. The molecule has 1 rings (SSSR count). The van der Waals surface area contributed by atoms with Gasteiger partial charge in [-0.1, -0.05) is 0 Å². The quantitative estimate of drug-likeness (QED) is 0.343. The summed E-state index contributed by atoms with van der Waals surface area (Å²) in [5.74, 6) is 0. The normalized spacial score (nSPS) is 47.7. The van der Waals surface area contributed by atoms with Crippen LogP contribution in [0.1, 0.15) is 6.92 Å². The van der Waals surface area contributed by atoms with Crippen LogP contribution in [0.15, 0.2) is 0 Å². The Hall–Kier alpha value is -0.200. The summed E-state index contributed by atoms with van der Waals surface area (Å²) >= 11 is 0. The maximum atomic E-state index is 9.07. The number of hydrogen-bond donors (Lipinski definition) is 4. The molecule has 1 radical (unpaired) electrons. The highest BCUT2D eigenvalue weighted by Gasteiger charge is 2.41. The monoisotopic (exact) mass is 163 g/mol. The number of rotatable bonds is 0. The number of hydrogen-bond acceptors (Lipinski definition) is 5. The lowest BCUT2D eigenvalue weighted by molar-refractivity contribution is -0.219. The summed E-state index contributed by atoms with van der Waals surface area (Å²) in [5.41, 5.74) is 0. The molecule has 11 heavy (non-hydrogen) atoms. The van der Waals surface area contributed by atoms with Crippen molar-refractivity contribution in [2.45, 2.75) is 31.3 Å². The molecule has 4 atom stereocenters. The molecule has 0 aromatic rings. The predicted molar refractivity (Wildman–Crippen MR) is 33.7 cm³/mol. The van der Waals surface area contributed by atoms with Crippen LogP contribution in [-0.2, 0) is 4.74 Å². The van der Waals surface area contributed by atoms with Gasteiger partial charge < -0.3 is 25.2 Å². The molecule has 0 spiro atoms. The summed E-state index contributed by atoms with van der Waals surface area (Å²) in [6.07, 6.45) is -5.40. The molecule has 5 nitrogen and oxygen atoms in total. The van der Waals surface area contributed by atoms with E-state index in [9.17, 15) is 0 Å². The van der Waals surface area contributed by atoms with Crippen LogP contribution in [0.2, 0.25) is 0 Å². The second-order valence-electron chi connectivity index (χ2n) is 2.59. The van der Waals surface area contributed by atoms with E-state index in [1.54, 1.807) is 0 Å². The van der Waals surface area contributed by atoms with Gasteiger partial charge in [0.1, 0.15) is 18.3 Å². The molecule has 1 fully saturated rings. The molecule has 0 aromatic carbocycles. The van der Waals surface area contributed by atoms with Crippen molar-refractivity contribution >= 4 is 0 Å². The topological polar surface area (TPSA) is 90.2 Å². The number of ether oxygens (including phenoxy) is 1. The Morgan fingerprint density at radius 1 is 1.18 bits per heavy atom. The maximum absolute atomic E-state index is 9.07. The van der Waals surface area contributed by atoms with Crippen LogP contribution in [0, 0.1) is 6.29 Å². The lowest BCUT2D eigenvalue weighted by Crippen LogP contribution is -2.53. The van der Waals surface area contributed by atoms with Crippen LogP contribution < -0.4 is 0 Å². The molecule has 65 valence electrons. The average molecular weight is 163 g/mol. The molecule has 1 saturated heterocycles. The molecule has 0 unspecified atom stereocenters. The van der Waals surface area contributed by atoms with Crippen molar-refractivity contribution in [2.75, 3.05) is 0 Å². The van der Waals surface area contributed by atoms with Crippen molar-refractivity contribution in [3.05, 3.63) is 6.29 Å². The highest BCUT2D eigenvalue weighted by Crippen LogP contribution is 2.23. The maximum Gasteiger partial charge on any atom is 0.253 e. The first-order valence-electron chi connectivity index (χ1n) is 3.30. The minimum absolute atomic E-state index is 0.643. The Morgan fingerprint density at radius 2 is 1.73 bits per heavy atom. The molecule has 5 heteroatoms. The van der Waals surface area contributed by atoms with E-state index in [4.69, 9.17) is 20.4 Å². The van der Waals surface area contributed by atoms with E-state index >= 15 is 0 Å². The molecule has 4 N–H and O–H groups in total. The van der Waals surface area contributed by atoms with E-state index in [2.05, 4.69) is 4.74 Å². The SMILES string of the molecule is C[C@H]1O[C](O)[C@H](O)[C@@H](O)[C@@H]1O. The molecule has 1 heterocycles. The first kappa shape index (κ1) is 8.89. The van der Waals surface area contributed by atoms with Gasteiger partial charge in [-0.3, -0.25) is 0 Å². The standard InChI is InChI=1S/C6H11O5/c1-2-3(7)4(8)5(9)6(10)11-2/h2-5,7-10H,1H3/t2-,3-,4+,5-/m1/s1. The zero-order valence-corrected chi connectivity index (χ0v) is 6.01. The summed E-state index contributed by atoms with van der Waals surface area (Å²) in [5, 5.41) is 35.8. The van der Waals surface area contributed by atoms with Gasteiger partial charge in [0.05, 0.1) is 6.10 Å². The first-order chi connectivity index (χ1) is 5.04. The minimum atomic E-state index is -1.51. The fraction of sp³-hybridized carbons (Fsp3) is 0.833. The van der Waals surface area contributed by atoms with Gasteiger partial charge in [0.15, 0.2) is 0 Å². The van der Waals surface area contributed by atoms with Gasteiger partial charge in [0.25, 0.3) is 6.29 Å². The van der Waals surface area contributed by atoms with Crippen LogP contribution in [-0.4, -0.2) is 44.8 Å². The third-order valence-electron chi connectivity index (χ3n) is 1.71. The third kappa shape index (κ3) is 1.52. The molecule has 1 aliphatic rings. The smallest absolute Gasteiger partial charge is 0.253 e. The second kappa shape index (κ2) is 3.04. The van der Waals surface area contributed by atoms with Gasteiger partial charge in [-0.05, 0) is 6.92 Å². The Bertz CT molecular complexity index is 125. The van der Waals surface area contributed by atoms with Crippen molar-refractivity contribution in [1.29, 1.82) is 0 Å². The van der Waals surface area contributed by atoms with Gasteiger partial charge in [-0.25, -0.2) is 0 Å². The van der Waals surface area contributed by atoms with Crippen molar-refractivity contribution < 1.29 is 25.2 Å². The molecule has 0 saturated carbocycles. The molecule has 1 aliphatic heterocycles. The Balaban J connectivity index is 2.63. The molecule has 0 aliphatic carbocycles. The van der Waals surface area contributed by atoms with E-state index in [1.165, 1.54) is 6.92 Å². The Kier molecular flexibility index (Phi) is 2.46. The Labute approximate surface area is 63.8 Å². The van der Waals surface area contributed by atoms with Crippen LogP contribution in [0.5, 0.6) is 0 Å². The van der Waals surface area contributed by atoms with Gasteiger partial charge in [0.2, 0.25) is 0 Å². The largest absolute Gasteiger partial charge is 0.388 e. The molecular weight excluding hydrogens is 152 g/mol. The second-order valence-corrected chi connectivity index (χ2v) is 2.59. The van der Waals surface area contributed by atoms with Gasteiger partial charge in [0, 0.05) is 0 Å². The van der Waals surface area contributed by atoms with Crippen LogP contribution in [0.3, 0.4) is 0 Å². The van der Waals surface area contributed by atoms with Crippen LogP contribution >= 0.6 is 0 Å². The van der Waals surface area contributed by atoms with E-state index < -0.39 is 30.7 Å². The van der Waals surface area contributed by atoms with Crippen molar-refractivity contribution in [2.24, 2.45) is 0 Å². The molecular formula is C6H11O5. The fourth-order valence-electron chi connectivity index (χ4n) is 0.940. The summed E-state index contributed by atoms with van der Waals surface area (Å²) < 4.78 is 4.59. The van der Waals surface area contributed by atoms with Gasteiger partial charge >= 0.3 is 0 Å². The van der Waals surface area contributed by atoms with E-state index in [1.807, 2.05) is 0 Å². The number of aliphatic hydroxyl groups excluding tert-OH is 4. The predicted octanol–water partition coefficient (Wildman–Crippen LogP) is -1.65. The minimum Gasteiger partial charge on any atom is -0.388 e. The van der Waals surface area contributed by atoms with Crippen molar-refractivity contribution in [3.8, 4) is 0 Å². The van der Waals surface area contributed by atoms with Gasteiger partial charge in [-0.2, -0.15) is 0 Å². The van der Waals surface area contributed by atoms with E-state index in [0.29, 0.717) is 0 Å². The first-order valence-corrected chi connectivity index (χ1v) is 3.30. The summed E-state index contributed by atoms with van der Waals surface area (Å²) in [7, 11) is 0. The van der Waals surface area contributed by atoms with E-state index in [-0.39, 0.29) is 0 Å². The fourth-order valence-corrected chi connectivity index (χ4v) is 0.940. The lowest BCUT2D eigenvalue weighted by atomic mass is 10.0. The summed E-state index contributed by atoms with van der Waals surface area (Å²) in [6, 6.07) is 0. The Morgan fingerprint density at radius 3 is 2.27 bits per heavy atom. The summed E-state index contributed by atoms with van der Waals surface area (Å²) in [6.45, 7) is 1.48. The number of aliphatic hydroxyl groups is 4. The third-order valence-corrected chi connectivity index (χ3v) is 1.71. The molecule has 0 aromatic heterocycles.